The first kappa shape index (κ1) is 18.0. The van der Waals surface area contributed by atoms with Crippen molar-refractivity contribution in [3.63, 3.8) is 0 Å². The van der Waals surface area contributed by atoms with Crippen LogP contribution in [0.5, 0.6) is 0 Å². The van der Waals surface area contributed by atoms with Gasteiger partial charge in [-0.1, -0.05) is 12.1 Å². The Kier molecular flexibility index (Phi) is 5.49. The molecule has 0 aromatic heterocycles. The number of nitrogens with zero attached hydrogens (tertiary/aromatic N) is 2. The van der Waals surface area contributed by atoms with Crippen molar-refractivity contribution in [2.45, 2.75) is 32.5 Å². The molecule has 0 aliphatic carbocycles. The second kappa shape index (κ2) is 7.62. The van der Waals surface area contributed by atoms with Crippen LogP contribution in [0.4, 0.5) is 10.5 Å². The minimum Gasteiger partial charge on any atom is -0.444 e. The topological polar surface area (TPSA) is 54.0 Å². The number of ether oxygens (including phenoxy) is 2. The highest BCUT2D eigenvalue weighted by molar-refractivity contribution is 5.68. The third-order valence-electron chi connectivity index (χ3n) is 4.47. The van der Waals surface area contributed by atoms with Crippen molar-refractivity contribution in [1.29, 1.82) is 0 Å². The maximum absolute atomic E-state index is 12.3. The number of anilines is 1. The summed E-state index contributed by atoms with van der Waals surface area (Å²) in [6, 6.07) is 8.52. The molecule has 0 radical (unpaired) electrons. The fourth-order valence-electron chi connectivity index (χ4n) is 3.17. The lowest BCUT2D eigenvalue weighted by Gasteiger charge is -2.34. The number of amides is 1. The van der Waals surface area contributed by atoms with Gasteiger partial charge >= 0.3 is 6.09 Å². The number of benzene rings is 1. The number of carbonyl (C=O) groups is 1. The van der Waals surface area contributed by atoms with E-state index in [9.17, 15) is 4.79 Å². The van der Waals surface area contributed by atoms with Gasteiger partial charge in [-0.05, 0) is 38.5 Å². The molecule has 2 heterocycles. The molecule has 2 fully saturated rings. The van der Waals surface area contributed by atoms with Crippen LogP contribution < -0.4 is 10.2 Å². The van der Waals surface area contributed by atoms with Crippen molar-refractivity contribution in [1.82, 2.24) is 10.2 Å². The highest BCUT2D eigenvalue weighted by Crippen LogP contribution is 2.26. The zero-order valence-corrected chi connectivity index (χ0v) is 15.5. The quantitative estimate of drug-likeness (QED) is 0.890. The Morgan fingerprint density at radius 2 is 1.84 bits per heavy atom. The minimum atomic E-state index is -0.476. The molecule has 3 rings (SSSR count). The number of piperazine rings is 1. The van der Waals surface area contributed by atoms with Gasteiger partial charge in [-0.15, -0.1) is 0 Å². The third kappa shape index (κ3) is 4.86. The summed E-state index contributed by atoms with van der Waals surface area (Å²) in [5, 5.41) is 3.37. The molecule has 2 aliphatic heterocycles. The molecule has 2 aliphatic rings. The van der Waals surface area contributed by atoms with Crippen molar-refractivity contribution in [2.24, 2.45) is 0 Å². The summed E-state index contributed by atoms with van der Waals surface area (Å²) in [5.74, 6) is 0. The molecule has 138 valence electrons. The van der Waals surface area contributed by atoms with Crippen molar-refractivity contribution >= 4 is 11.8 Å². The fraction of sp³-hybridized carbons (Fsp3) is 0.632. The minimum absolute atomic E-state index is 0.0988. The number of nitrogens with one attached hydrogen (secondary N) is 1. The number of rotatable bonds is 2. The molecule has 2 saturated heterocycles. The number of morpholine rings is 1. The third-order valence-corrected chi connectivity index (χ3v) is 4.47. The summed E-state index contributed by atoms with van der Waals surface area (Å²) in [7, 11) is 0. The van der Waals surface area contributed by atoms with Crippen LogP contribution in [0.15, 0.2) is 24.3 Å². The van der Waals surface area contributed by atoms with E-state index in [0.717, 1.165) is 31.7 Å². The molecule has 0 unspecified atom stereocenters. The maximum atomic E-state index is 12.3. The van der Waals surface area contributed by atoms with E-state index in [1.165, 1.54) is 5.69 Å². The average Bonchev–Trinajstić information content (AvgIpc) is 2.61. The second-order valence-electron chi connectivity index (χ2n) is 7.61. The van der Waals surface area contributed by atoms with Gasteiger partial charge < -0.3 is 24.6 Å². The maximum Gasteiger partial charge on any atom is 0.410 e. The van der Waals surface area contributed by atoms with Gasteiger partial charge in [-0.2, -0.15) is 0 Å². The van der Waals surface area contributed by atoms with Crippen LogP contribution in [0.3, 0.4) is 0 Å². The van der Waals surface area contributed by atoms with Gasteiger partial charge in [0.1, 0.15) is 11.7 Å². The monoisotopic (exact) mass is 347 g/mol. The highest BCUT2D eigenvalue weighted by atomic mass is 16.6. The molecule has 0 bridgehead atoms. The number of hydrogen-bond donors (Lipinski definition) is 1. The van der Waals surface area contributed by atoms with Gasteiger partial charge in [0, 0.05) is 38.4 Å². The Labute approximate surface area is 150 Å². The SMILES string of the molecule is CC(C)(C)OC(=O)N1CCO[C@H](c2ccc(N3CCNCC3)cc2)C1. The average molecular weight is 347 g/mol. The van der Waals surface area contributed by atoms with Crippen LogP contribution in [0.2, 0.25) is 0 Å². The Morgan fingerprint density at radius 3 is 2.48 bits per heavy atom. The van der Waals surface area contributed by atoms with Crippen LogP contribution in [0.1, 0.15) is 32.4 Å². The largest absolute Gasteiger partial charge is 0.444 e. The Balaban J connectivity index is 1.62. The molecule has 1 aromatic rings. The molecule has 1 atom stereocenters. The van der Waals surface area contributed by atoms with Crippen LogP contribution in [0, 0.1) is 0 Å². The second-order valence-corrected chi connectivity index (χ2v) is 7.61. The van der Waals surface area contributed by atoms with E-state index < -0.39 is 5.60 Å². The van der Waals surface area contributed by atoms with E-state index >= 15 is 0 Å². The summed E-state index contributed by atoms with van der Waals surface area (Å²) >= 11 is 0. The van der Waals surface area contributed by atoms with Gasteiger partial charge in [-0.3, -0.25) is 0 Å². The Bertz CT molecular complexity index is 577. The standard InChI is InChI=1S/C19H29N3O3/c1-19(2,3)25-18(23)22-12-13-24-17(14-22)15-4-6-16(7-5-15)21-10-8-20-9-11-21/h4-7,17,20H,8-14H2,1-3H3/t17-/m0/s1. The summed E-state index contributed by atoms with van der Waals surface area (Å²) < 4.78 is 11.4. The Hall–Kier alpha value is -1.79. The summed E-state index contributed by atoms with van der Waals surface area (Å²) in [4.78, 5) is 16.4. The highest BCUT2D eigenvalue weighted by Gasteiger charge is 2.29. The van der Waals surface area contributed by atoms with Crippen LogP contribution in [0.25, 0.3) is 0 Å². The van der Waals surface area contributed by atoms with Gasteiger partial charge in [0.2, 0.25) is 0 Å². The normalized spacial score (nSPS) is 22.0. The van der Waals surface area contributed by atoms with E-state index in [4.69, 9.17) is 9.47 Å². The lowest BCUT2D eigenvalue weighted by molar-refractivity contribution is -0.0432. The predicted molar refractivity (Wildman–Crippen MR) is 98.0 cm³/mol. The van der Waals surface area contributed by atoms with Crippen molar-refractivity contribution < 1.29 is 14.3 Å². The van der Waals surface area contributed by atoms with E-state index in [1.807, 2.05) is 20.8 Å². The van der Waals surface area contributed by atoms with E-state index in [2.05, 4.69) is 34.5 Å². The van der Waals surface area contributed by atoms with E-state index in [0.29, 0.717) is 19.7 Å². The smallest absolute Gasteiger partial charge is 0.410 e. The molecule has 6 heteroatoms. The first-order valence-electron chi connectivity index (χ1n) is 9.07. The lowest BCUT2D eigenvalue weighted by atomic mass is 10.1. The van der Waals surface area contributed by atoms with Gasteiger partial charge in [0.05, 0.1) is 13.2 Å². The molecular weight excluding hydrogens is 318 g/mol. The molecule has 1 amide bonds. The first-order valence-corrected chi connectivity index (χ1v) is 9.07. The number of hydrogen-bond acceptors (Lipinski definition) is 5. The van der Waals surface area contributed by atoms with Crippen LogP contribution in [-0.4, -0.2) is 62.5 Å². The summed E-state index contributed by atoms with van der Waals surface area (Å²) in [6.07, 6.45) is -0.364. The number of carbonyl (C=O) groups excluding carboxylic acids is 1. The van der Waals surface area contributed by atoms with Crippen molar-refractivity contribution in [2.75, 3.05) is 50.8 Å². The molecular formula is C19H29N3O3. The Morgan fingerprint density at radius 1 is 1.16 bits per heavy atom. The summed E-state index contributed by atoms with van der Waals surface area (Å²) in [5.41, 5.74) is 1.87. The van der Waals surface area contributed by atoms with E-state index in [1.54, 1.807) is 4.90 Å². The van der Waals surface area contributed by atoms with Crippen molar-refractivity contribution in [3.8, 4) is 0 Å². The first-order chi connectivity index (χ1) is 11.9. The fourth-order valence-corrected chi connectivity index (χ4v) is 3.17. The van der Waals surface area contributed by atoms with Gasteiger partial charge in [-0.25, -0.2) is 4.79 Å². The molecule has 1 aromatic carbocycles. The zero-order valence-electron chi connectivity index (χ0n) is 15.5. The van der Waals surface area contributed by atoms with Crippen LogP contribution >= 0.6 is 0 Å². The predicted octanol–water partition coefficient (Wildman–Crippen LogP) is 2.40. The molecule has 25 heavy (non-hydrogen) atoms. The summed E-state index contributed by atoms with van der Waals surface area (Å²) in [6.45, 7) is 11.4. The molecule has 1 N–H and O–H groups in total. The van der Waals surface area contributed by atoms with E-state index in [-0.39, 0.29) is 12.2 Å². The van der Waals surface area contributed by atoms with Crippen LogP contribution in [-0.2, 0) is 9.47 Å². The lowest BCUT2D eigenvalue weighted by Crippen LogP contribution is -2.44. The molecule has 0 saturated carbocycles. The van der Waals surface area contributed by atoms with Crippen molar-refractivity contribution in [3.05, 3.63) is 29.8 Å². The molecule has 6 nitrogen and oxygen atoms in total. The van der Waals surface area contributed by atoms with Gasteiger partial charge in [0.25, 0.3) is 0 Å². The molecule has 0 spiro atoms. The van der Waals surface area contributed by atoms with Gasteiger partial charge in [0.15, 0.2) is 0 Å². The zero-order chi connectivity index (χ0) is 17.9.